The van der Waals surface area contributed by atoms with E-state index in [1.807, 2.05) is 5.38 Å². The number of aromatic nitrogens is 1. The number of carbonyl (C=O) groups is 1. The third kappa shape index (κ3) is 2.66. The van der Waals surface area contributed by atoms with Crippen LogP contribution in [0.3, 0.4) is 0 Å². The van der Waals surface area contributed by atoms with Gasteiger partial charge in [0.15, 0.2) is 5.13 Å². The average molecular weight is 368 g/mol. The number of thiophene rings is 1. The van der Waals surface area contributed by atoms with Crippen molar-refractivity contribution in [2.45, 2.75) is 0 Å². The van der Waals surface area contributed by atoms with Crippen LogP contribution in [0.2, 0.25) is 0 Å². The molecule has 0 aliphatic rings. The van der Waals surface area contributed by atoms with Gasteiger partial charge >= 0.3 is 0 Å². The second-order valence-corrected chi connectivity index (χ2v) is 6.64. The molecule has 0 radical (unpaired) electrons. The summed E-state index contributed by atoms with van der Waals surface area (Å²) in [6.07, 6.45) is 1.65. The smallest absolute Gasteiger partial charge is 0.267 e. The van der Waals surface area contributed by atoms with Crippen molar-refractivity contribution in [3.8, 4) is 0 Å². The summed E-state index contributed by atoms with van der Waals surface area (Å²) in [5, 5.41) is 5.14. The molecule has 0 aromatic carbocycles. The van der Waals surface area contributed by atoms with Gasteiger partial charge in [0.05, 0.1) is 8.66 Å². The molecule has 3 nitrogen and oxygen atoms in total. The molecule has 2 aromatic rings. The molecule has 15 heavy (non-hydrogen) atoms. The van der Waals surface area contributed by atoms with Crippen LogP contribution >= 0.6 is 54.5 Å². The standard InChI is InChI=1S/C8H4Br2N2OS2/c9-4-3-5(15-6(4)10)7(13)12-8-11-1-2-14-8/h1-3H,(H,11,12,13). The minimum Gasteiger partial charge on any atom is -0.297 e. The zero-order valence-electron chi connectivity index (χ0n) is 7.16. The van der Waals surface area contributed by atoms with Crippen LogP contribution in [0, 0.1) is 0 Å². The molecule has 1 amide bonds. The SMILES string of the molecule is O=C(Nc1nccs1)c1cc(Br)c(Br)s1. The van der Waals surface area contributed by atoms with Gasteiger partial charge in [0.1, 0.15) is 0 Å². The van der Waals surface area contributed by atoms with Gasteiger partial charge in [-0.3, -0.25) is 10.1 Å². The number of nitrogens with zero attached hydrogens (tertiary/aromatic N) is 1. The normalized spacial score (nSPS) is 10.3. The number of thiazole rings is 1. The predicted molar refractivity (Wildman–Crippen MR) is 69.8 cm³/mol. The number of nitrogens with one attached hydrogen (secondary N) is 1. The lowest BCUT2D eigenvalue weighted by molar-refractivity contribution is 0.103. The Hall–Kier alpha value is -0.240. The van der Waals surface area contributed by atoms with Gasteiger partial charge in [-0.1, -0.05) is 0 Å². The Kier molecular flexibility index (Phi) is 3.55. The van der Waals surface area contributed by atoms with E-state index in [1.165, 1.54) is 22.7 Å². The summed E-state index contributed by atoms with van der Waals surface area (Å²) in [7, 11) is 0. The van der Waals surface area contributed by atoms with Crippen LogP contribution in [0.4, 0.5) is 5.13 Å². The van der Waals surface area contributed by atoms with Gasteiger partial charge in [-0.2, -0.15) is 0 Å². The molecule has 7 heteroatoms. The van der Waals surface area contributed by atoms with E-state index >= 15 is 0 Å². The summed E-state index contributed by atoms with van der Waals surface area (Å²) in [6.45, 7) is 0. The van der Waals surface area contributed by atoms with Crippen LogP contribution < -0.4 is 5.32 Å². The van der Waals surface area contributed by atoms with E-state index in [9.17, 15) is 4.79 Å². The summed E-state index contributed by atoms with van der Waals surface area (Å²) in [6, 6.07) is 1.78. The fraction of sp³-hybridized carbons (Fsp3) is 0. The minimum absolute atomic E-state index is 0.138. The summed E-state index contributed by atoms with van der Waals surface area (Å²) in [5.41, 5.74) is 0. The van der Waals surface area contributed by atoms with E-state index in [-0.39, 0.29) is 5.91 Å². The molecule has 2 rings (SSSR count). The van der Waals surface area contributed by atoms with Crippen LogP contribution in [0.1, 0.15) is 9.67 Å². The second kappa shape index (κ2) is 4.73. The maximum absolute atomic E-state index is 11.7. The Morgan fingerprint density at radius 3 is 2.80 bits per heavy atom. The minimum atomic E-state index is -0.138. The number of rotatable bonds is 2. The van der Waals surface area contributed by atoms with Gasteiger partial charge in [0.2, 0.25) is 0 Å². The molecule has 0 unspecified atom stereocenters. The number of carbonyl (C=O) groups excluding carboxylic acids is 1. The van der Waals surface area contributed by atoms with Crippen molar-refractivity contribution in [3.05, 3.63) is 30.8 Å². The van der Waals surface area contributed by atoms with Crippen LogP contribution in [0.25, 0.3) is 0 Å². The molecule has 78 valence electrons. The maximum atomic E-state index is 11.7. The van der Waals surface area contributed by atoms with Crippen LogP contribution in [-0.4, -0.2) is 10.9 Å². The van der Waals surface area contributed by atoms with Crippen molar-refractivity contribution < 1.29 is 4.79 Å². The molecular weight excluding hydrogens is 364 g/mol. The molecule has 0 saturated heterocycles. The highest BCUT2D eigenvalue weighted by atomic mass is 79.9. The fourth-order valence-electron chi connectivity index (χ4n) is 0.902. The van der Waals surface area contributed by atoms with Crippen LogP contribution in [0.15, 0.2) is 25.9 Å². The quantitative estimate of drug-likeness (QED) is 0.872. The molecular formula is C8H4Br2N2OS2. The zero-order chi connectivity index (χ0) is 10.8. The van der Waals surface area contributed by atoms with Gasteiger partial charge in [-0.25, -0.2) is 4.98 Å². The number of amides is 1. The molecule has 0 bridgehead atoms. The van der Waals surface area contributed by atoms with Gasteiger partial charge in [-0.05, 0) is 37.9 Å². The van der Waals surface area contributed by atoms with Crippen molar-refractivity contribution in [2.24, 2.45) is 0 Å². The van der Waals surface area contributed by atoms with Crippen LogP contribution in [-0.2, 0) is 0 Å². The van der Waals surface area contributed by atoms with Crippen molar-refractivity contribution in [1.82, 2.24) is 4.98 Å². The summed E-state index contributed by atoms with van der Waals surface area (Å²) >= 11 is 9.45. The zero-order valence-corrected chi connectivity index (χ0v) is 12.0. The highest BCUT2D eigenvalue weighted by molar-refractivity contribution is 9.13. The Labute approximate surface area is 111 Å². The van der Waals surface area contributed by atoms with E-state index in [0.29, 0.717) is 10.0 Å². The van der Waals surface area contributed by atoms with E-state index < -0.39 is 0 Å². The first-order chi connectivity index (χ1) is 7.16. The maximum Gasteiger partial charge on any atom is 0.267 e. The van der Waals surface area contributed by atoms with E-state index in [2.05, 4.69) is 42.2 Å². The van der Waals surface area contributed by atoms with E-state index in [4.69, 9.17) is 0 Å². The first-order valence-electron chi connectivity index (χ1n) is 3.82. The van der Waals surface area contributed by atoms with Gasteiger partial charge in [0, 0.05) is 16.0 Å². The Morgan fingerprint density at radius 2 is 2.27 bits per heavy atom. The summed E-state index contributed by atoms with van der Waals surface area (Å²) < 4.78 is 1.79. The van der Waals surface area contributed by atoms with Crippen LogP contribution in [0.5, 0.6) is 0 Å². The third-order valence-electron chi connectivity index (χ3n) is 1.52. The van der Waals surface area contributed by atoms with Crippen molar-refractivity contribution >= 4 is 65.6 Å². The number of hydrogen-bond donors (Lipinski definition) is 1. The lowest BCUT2D eigenvalue weighted by atomic mass is 10.4. The first kappa shape index (κ1) is 11.3. The number of anilines is 1. The first-order valence-corrected chi connectivity index (χ1v) is 7.10. The lowest BCUT2D eigenvalue weighted by Crippen LogP contribution is -2.09. The number of halogens is 2. The molecule has 0 aliphatic heterocycles. The van der Waals surface area contributed by atoms with Crippen molar-refractivity contribution in [2.75, 3.05) is 5.32 Å². The van der Waals surface area contributed by atoms with E-state index in [1.54, 1.807) is 12.3 Å². The van der Waals surface area contributed by atoms with Gasteiger partial charge in [-0.15, -0.1) is 22.7 Å². The highest BCUT2D eigenvalue weighted by Gasteiger charge is 2.12. The molecule has 0 spiro atoms. The molecule has 0 saturated carbocycles. The summed E-state index contributed by atoms with van der Waals surface area (Å²) in [4.78, 5) is 16.3. The van der Waals surface area contributed by atoms with E-state index in [0.717, 1.165) is 8.26 Å². The Balaban J connectivity index is 2.15. The average Bonchev–Trinajstić information content (AvgIpc) is 2.78. The van der Waals surface area contributed by atoms with Crippen molar-refractivity contribution in [1.29, 1.82) is 0 Å². The van der Waals surface area contributed by atoms with Crippen molar-refractivity contribution in [3.63, 3.8) is 0 Å². The highest BCUT2D eigenvalue weighted by Crippen LogP contribution is 2.32. The van der Waals surface area contributed by atoms with Gasteiger partial charge < -0.3 is 0 Å². The van der Waals surface area contributed by atoms with Gasteiger partial charge in [0.25, 0.3) is 5.91 Å². The Bertz CT molecular complexity index is 461. The third-order valence-corrected chi connectivity index (χ3v) is 5.47. The molecule has 0 fully saturated rings. The molecule has 2 aromatic heterocycles. The molecule has 2 heterocycles. The summed E-state index contributed by atoms with van der Waals surface area (Å²) in [5.74, 6) is -0.138. The second-order valence-electron chi connectivity index (χ2n) is 2.52. The molecule has 1 N–H and O–H groups in total. The fourth-order valence-corrected chi connectivity index (χ4v) is 3.36. The topological polar surface area (TPSA) is 42.0 Å². The predicted octanol–water partition coefficient (Wildman–Crippen LogP) is 3.98. The molecule has 0 aliphatic carbocycles. The monoisotopic (exact) mass is 366 g/mol. The Morgan fingerprint density at radius 1 is 1.47 bits per heavy atom. The lowest BCUT2D eigenvalue weighted by Gasteiger charge is -1.96. The molecule has 0 atom stereocenters. The number of hydrogen-bond acceptors (Lipinski definition) is 4. The largest absolute Gasteiger partial charge is 0.297 e.